The molecule has 1 amide bonds. The first-order valence-corrected chi connectivity index (χ1v) is 34.7. The average Bonchev–Trinajstić information content (AvgIpc) is 3.70. The van der Waals surface area contributed by atoms with E-state index in [1.807, 2.05) is 0 Å². The van der Waals surface area contributed by atoms with Crippen LogP contribution >= 0.6 is 0 Å². The van der Waals surface area contributed by atoms with Crippen LogP contribution in [0.1, 0.15) is 290 Å². The van der Waals surface area contributed by atoms with Crippen LogP contribution in [-0.2, 0) is 14.3 Å². The second kappa shape index (κ2) is 62.6. The minimum absolute atomic E-state index is 0.163. The third-order valence-electron chi connectivity index (χ3n) is 15.8. The van der Waals surface area contributed by atoms with Crippen LogP contribution in [0, 0.1) is 0 Å². The molecule has 9 nitrogen and oxygen atoms in total. The van der Waals surface area contributed by atoms with Crippen molar-refractivity contribution in [1.29, 1.82) is 0 Å². The van der Waals surface area contributed by atoms with E-state index in [-0.39, 0.29) is 12.5 Å². The summed E-state index contributed by atoms with van der Waals surface area (Å²) in [6.07, 6.45) is 86.9. The molecule has 1 heterocycles. The van der Waals surface area contributed by atoms with Gasteiger partial charge >= 0.3 is 0 Å². The number of aliphatic hydroxyl groups is 5. The lowest BCUT2D eigenvalue weighted by Gasteiger charge is -2.40. The number of allylic oxidation sites excluding steroid dienone is 20. The van der Waals surface area contributed by atoms with E-state index in [2.05, 4.69) is 141 Å². The molecular weight excluding hydrogens is 1040 g/mol. The van der Waals surface area contributed by atoms with Gasteiger partial charge in [0.15, 0.2) is 6.29 Å². The van der Waals surface area contributed by atoms with Crippen molar-refractivity contribution in [3.8, 4) is 0 Å². The van der Waals surface area contributed by atoms with Gasteiger partial charge in [0.1, 0.15) is 24.4 Å². The Bertz CT molecular complexity index is 1740. The number of unbranched alkanes of at least 4 members (excludes halogenated alkanes) is 29. The third kappa shape index (κ3) is 50.7. The molecule has 9 heteroatoms. The maximum Gasteiger partial charge on any atom is 0.220 e. The number of rotatable bonds is 59. The maximum absolute atomic E-state index is 13.1. The zero-order chi connectivity index (χ0) is 60.7. The van der Waals surface area contributed by atoms with Crippen LogP contribution < -0.4 is 5.32 Å². The van der Waals surface area contributed by atoms with Crippen LogP contribution in [0.5, 0.6) is 0 Å². The van der Waals surface area contributed by atoms with Crippen molar-refractivity contribution in [3.63, 3.8) is 0 Å². The van der Waals surface area contributed by atoms with E-state index in [9.17, 15) is 30.3 Å². The average molecular weight is 1170 g/mol. The number of carbonyl (C=O) groups is 1. The molecule has 7 atom stereocenters. The Balaban J connectivity index is 2.20. The highest BCUT2D eigenvalue weighted by atomic mass is 16.7. The summed E-state index contributed by atoms with van der Waals surface area (Å²) in [5.74, 6) is -0.188. The van der Waals surface area contributed by atoms with Gasteiger partial charge in [-0.15, -0.1) is 0 Å². The molecule has 0 radical (unpaired) electrons. The first-order valence-electron chi connectivity index (χ1n) is 34.7. The Morgan fingerprint density at radius 1 is 0.417 bits per heavy atom. The number of ether oxygens (including phenoxy) is 2. The van der Waals surface area contributed by atoms with Crippen molar-refractivity contribution in [2.75, 3.05) is 13.2 Å². The van der Waals surface area contributed by atoms with Gasteiger partial charge in [-0.25, -0.2) is 0 Å². The van der Waals surface area contributed by atoms with Crippen molar-refractivity contribution in [3.05, 3.63) is 122 Å². The lowest BCUT2D eigenvalue weighted by Crippen LogP contribution is -2.60. The summed E-state index contributed by atoms with van der Waals surface area (Å²) in [7, 11) is 0. The predicted molar refractivity (Wildman–Crippen MR) is 359 cm³/mol. The standard InChI is InChI=1S/C75H129NO8/c1-3-5-7-9-11-13-15-17-19-21-23-25-27-29-31-33-34-35-36-37-39-41-43-45-47-49-51-53-55-57-59-61-63-65-71(79)76-68(67-83-75-74(82)73(81)72(80)70(66-77)84-75)69(78)64-62-60-58-56-54-52-50-48-46-44-42-40-38-32-30-28-26-24-22-20-18-16-14-12-10-8-6-4-2/h5,7,11,13,17,19,23,25,29,31,34-35,37,39,43,45,49,51,55,57,68-70,72-75,77-78,80-82H,3-4,6,8-10,12,14-16,18,20-22,24,26-28,30,32-33,36,38,40-42,44,46-48,50,52-54,56,58-67H2,1-2H3,(H,76,79)/b7-5-,13-11-,19-17-,25-23-,31-29-,35-34-,39-37-,45-43-,51-49-,57-55-. The minimum Gasteiger partial charge on any atom is -0.394 e. The summed E-state index contributed by atoms with van der Waals surface area (Å²) in [5, 5.41) is 54.9. The molecule has 0 aromatic heterocycles. The van der Waals surface area contributed by atoms with Gasteiger partial charge in [-0.3, -0.25) is 4.79 Å². The van der Waals surface area contributed by atoms with E-state index < -0.39 is 49.5 Å². The first kappa shape index (κ1) is 78.6. The first-order chi connectivity index (χ1) is 41.3. The topological polar surface area (TPSA) is 149 Å². The molecule has 84 heavy (non-hydrogen) atoms. The van der Waals surface area contributed by atoms with Crippen LogP contribution in [0.2, 0.25) is 0 Å². The van der Waals surface area contributed by atoms with Crippen LogP contribution in [0.3, 0.4) is 0 Å². The van der Waals surface area contributed by atoms with Gasteiger partial charge in [0.05, 0.1) is 25.4 Å². The van der Waals surface area contributed by atoms with E-state index in [4.69, 9.17) is 9.47 Å². The van der Waals surface area contributed by atoms with Crippen molar-refractivity contribution < 1.29 is 39.8 Å². The molecule has 0 bridgehead atoms. The summed E-state index contributed by atoms with van der Waals surface area (Å²) in [4.78, 5) is 13.1. The smallest absolute Gasteiger partial charge is 0.220 e. The third-order valence-corrected chi connectivity index (χ3v) is 15.8. The molecule has 482 valence electrons. The van der Waals surface area contributed by atoms with Crippen LogP contribution in [0.4, 0.5) is 0 Å². The van der Waals surface area contributed by atoms with Gasteiger partial charge in [-0.2, -0.15) is 0 Å². The Morgan fingerprint density at radius 3 is 1.07 bits per heavy atom. The number of nitrogens with one attached hydrogen (secondary N) is 1. The van der Waals surface area contributed by atoms with Gasteiger partial charge in [0.2, 0.25) is 5.91 Å². The Hall–Kier alpha value is -3.41. The molecule has 1 rings (SSSR count). The molecule has 0 aliphatic carbocycles. The highest BCUT2D eigenvalue weighted by molar-refractivity contribution is 5.76. The molecule has 1 saturated heterocycles. The lowest BCUT2D eigenvalue weighted by molar-refractivity contribution is -0.302. The molecule has 6 N–H and O–H groups in total. The van der Waals surface area contributed by atoms with E-state index in [0.29, 0.717) is 19.3 Å². The van der Waals surface area contributed by atoms with Gasteiger partial charge in [-0.1, -0.05) is 315 Å². The predicted octanol–water partition coefficient (Wildman–Crippen LogP) is 19.0. The number of amides is 1. The van der Waals surface area contributed by atoms with Crippen molar-refractivity contribution in [2.24, 2.45) is 0 Å². The number of hydrogen-bond acceptors (Lipinski definition) is 8. The quantitative estimate of drug-likeness (QED) is 0.0261. The summed E-state index contributed by atoms with van der Waals surface area (Å²) < 4.78 is 11.3. The SMILES string of the molecule is CC/C=C\C/C=C\C/C=C\C/C=C\C/C=C\C/C=C\C/C=C\C/C=C\C/C=C\C/C=C\CCCCC(=O)NC(COC1OC(CO)C(O)C(O)C1O)C(O)CCCCCCCCCCCCCCCCCCCCCCCCCCCCCC. The summed E-state index contributed by atoms with van der Waals surface area (Å²) in [5.41, 5.74) is 0. The second-order valence-corrected chi connectivity index (χ2v) is 23.6. The van der Waals surface area contributed by atoms with Gasteiger partial charge in [0.25, 0.3) is 0 Å². The highest BCUT2D eigenvalue weighted by Crippen LogP contribution is 2.23. The van der Waals surface area contributed by atoms with Crippen LogP contribution in [0.15, 0.2) is 122 Å². The fourth-order valence-electron chi connectivity index (χ4n) is 10.4. The Morgan fingerprint density at radius 2 is 0.738 bits per heavy atom. The Kier molecular flexibility index (Phi) is 58.6. The molecule has 7 unspecified atom stereocenters. The van der Waals surface area contributed by atoms with Gasteiger partial charge in [-0.05, 0) is 89.9 Å². The van der Waals surface area contributed by atoms with E-state index >= 15 is 0 Å². The summed E-state index contributed by atoms with van der Waals surface area (Å²) >= 11 is 0. The molecule has 0 saturated carbocycles. The fraction of sp³-hybridized carbons (Fsp3) is 0.720. The zero-order valence-electron chi connectivity index (χ0n) is 53.9. The van der Waals surface area contributed by atoms with Crippen molar-refractivity contribution in [2.45, 2.75) is 333 Å². The maximum atomic E-state index is 13.1. The van der Waals surface area contributed by atoms with Crippen molar-refractivity contribution in [1.82, 2.24) is 5.32 Å². The second-order valence-electron chi connectivity index (χ2n) is 23.6. The van der Waals surface area contributed by atoms with Gasteiger partial charge in [0, 0.05) is 6.42 Å². The largest absolute Gasteiger partial charge is 0.394 e. The van der Waals surface area contributed by atoms with Crippen LogP contribution in [0.25, 0.3) is 0 Å². The molecule has 0 spiro atoms. The monoisotopic (exact) mass is 1170 g/mol. The molecule has 0 aromatic rings. The van der Waals surface area contributed by atoms with Crippen molar-refractivity contribution >= 4 is 5.91 Å². The molecule has 1 aliphatic rings. The summed E-state index contributed by atoms with van der Waals surface area (Å²) in [6, 6.07) is -0.754. The van der Waals surface area contributed by atoms with Gasteiger partial charge < -0.3 is 40.3 Å². The van der Waals surface area contributed by atoms with E-state index in [1.165, 1.54) is 161 Å². The number of hydrogen-bond donors (Lipinski definition) is 6. The normalized spacial score (nSPS) is 19.0. The molecule has 0 aromatic carbocycles. The van der Waals surface area contributed by atoms with E-state index in [1.54, 1.807) is 0 Å². The highest BCUT2D eigenvalue weighted by Gasteiger charge is 2.44. The summed E-state index contributed by atoms with van der Waals surface area (Å²) in [6.45, 7) is 3.72. The number of aliphatic hydroxyl groups excluding tert-OH is 5. The van der Waals surface area contributed by atoms with E-state index in [0.717, 1.165) is 96.3 Å². The molecular formula is C75H129NO8. The lowest BCUT2D eigenvalue weighted by atomic mass is 9.99. The molecule has 1 fully saturated rings. The minimum atomic E-state index is -1.57. The van der Waals surface area contributed by atoms with Crippen LogP contribution in [-0.4, -0.2) is 87.5 Å². The number of carbonyl (C=O) groups excluding carboxylic acids is 1. The Labute approximate surface area is 516 Å². The fourth-order valence-corrected chi connectivity index (χ4v) is 10.4. The molecule has 1 aliphatic heterocycles. The zero-order valence-corrected chi connectivity index (χ0v) is 53.9.